The summed E-state index contributed by atoms with van der Waals surface area (Å²) in [6, 6.07) is 5.27. The van der Waals surface area contributed by atoms with E-state index in [4.69, 9.17) is 0 Å². The third kappa shape index (κ3) is 5.04. The summed E-state index contributed by atoms with van der Waals surface area (Å²) < 4.78 is 36.8. The first-order valence-corrected chi connectivity index (χ1v) is 9.89. The Hall–Kier alpha value is -0.460. The average Bonchev–Trinajstić information content (AvgIpc) is 2.73. The fraction of sp³-hybridized carbons (Fsp3) is 0.600. The van der Waals surface area contributed by atoms with Crippen LogP contribution in [0.5, 0.6) is 0 Å². The molecule has 0 spiro atoms. The monoisotopic (exact) mass is 377 g/mol. The van der Waals surface area contributed by atoms with Crippen LogP contribution in [0.25, 0.3) is 0 Å². The molecule has 1 N–H and O–H groups in total. The van der Waals surface area contributed by atoms with Crippen LogP contribution in [0.15, 0.2) is 22.7 Å². The summed E-state index contributed by atoms with van der Waals surface area (Å²) in [5.74, 6) is 0.601. The first-order chi connectivity index (χ1) is 9.89. The Bertz CT molecular complexity index is 591. The molecule has 6 heteroatoms. The van der Waals surface area contributed by atoms with Gasteiger partial charge in [-0.2, -0.15) is 0 Å². The van der Waals surface area contributed by atoms with Crippen molar-refractivity contribution in [1.29, 1.82) is 0 Å². The standard InChI is InChI=1S/C15H21BrFNO2S/c1-2-18-13(8-12-5-6-21(19,20)10-12)7-11-3-4-15(17)14(16)9-11/h3-4,9,12-13,18H,2,5-8,10H2,1H3. The van der Waals surface area contributed by atoms with Crippen molar-refractivity contribution in [2.45, 2.75) is 32.2 Å². The molecule has 1 aromatic rings. The molecule has 1 aliphatic rings. The predicted molar refractivity (Wildman–Crippen MR) is 86.6 cm³/mol. The third-order valence-corrected chi connectivity index (χ3v) is 6.35. The first-order valence-electron chi connectivity index (χ1n) is 7.27. The molecule has 1 aliphatic heterocycles. The SMILES string of the molecule is CCNC(Cc1ccc(F)c(Br)c1)CC1CCS(=O)(=O)C1. The second-order valence-corrected chi connectivity index (χ2v) is 8.80. The van der Waals surface area contributed by atoms with Gasteiger partial charge in [-0.25, -0.2) is 12.8 Å². The minimum absolute atomic E-state index is 0.227. The van der Waals surface area contributed by atoms with Crippen LogP contribution in [0.1, 0.15) is 25.3 Å². The molecule has 0 aromatic heterocycles. The molecule has 3 nitrogen and oxygen atoms in total. The zero-order chi connectivity index (χ0) is 15.5. The van der Waals surface area contributed by atoms with E-state index in [1.165, 1.54) is 6.07 Å². The maximum Gasteiger partial charge on any atom is 0.150 e. The number of rotatable bonds is 6. The van der Waals surface area contributed by atoms with E-state index >= 15 is 0 Å². The summed E-state index contributed by atoms with van der Waals surface area (Å²) in [6.07, 6.45) is 2.39. The normalized spacial score (nSPS) is 22.3. The second-order valence-electron chi connectivity index (χ2n) is 5.71. The van der Waals surface area contributed by atoms with Gasteiger partial charge in [-0.3, -0.25) is 0 Å². The van der Waals surface area contributed by atoms with Crippen LogP contribution >= 0.6 is 15.9 Å². The number of benzene rings is 1. The molecule has 2 atom stereocenters. The van der Waals surface area contributed by atoms with Gasteiger partial charge in [-0.05, 0) is 65.4 Å². The van der Waals surface area contributed by atoms with Gasteiger partial charge in [0.05, 0.1) is 16.0 Å². The van der Waals surface area contributed by atoms with Crippen LogP contribution in [0.3, 0.4) is 0 Å². The topological polar surface area (TPSA) is 46.2 Å². The van der Waals surface area contributed by atoms with Gasteiger partial charge < -0.3 is 5.32 Å². The highest BCUT2D eigenvalue weighted by molar-refractivity contribution is 9.10. The minimum atomic E-state index is -2.83. The summed E-state index contributed by atoms with van der Waals surface area (Å²) in [7, 11) is -2.83. The molecule has 0 amide bonds. The lowest BCUT2D eigenvalue weighted by molar-refractivity contribution is 0.409. The van der Waals surface area contributed by atoms with Gasteiger partial charge in [0.1, 0.15) is 5.82 Å². The summed E-state index contributed by atoms with van der Waals surface area (Å²) in [4.78, 5) is 0. The Morgan fingerprint density at radius 2 is 2.24 bits per heavy atom. The van der Waals surface area contributed by atoms with Gasteiger partial charge in [0.15, 0.2) is 9.84 Å². The molecule has 1 aromatic carbocycles. The number of sulfone groups is 1. The highest BCUT2D eigenvalue weighted by Crippen LogP contribution is 2.25. The molecular formula is C15H21BrFNO2S. The van der Waals surface area contributed by atoms with Crippen molar-refractivity contribution in [2.75, 3.05) is 18.1 Å². The molecule has 1 saturated heterocycles. The van der Waals surface area contributed by atoms with Crippen LogP contribution in [0.2, 0.25) is 0 Å². The maximum atomic E-state index is 13.3. The fourth-order valence-corrected chi connectivity index (χ4v) is 5.25. The zero-order valence-electron chi connectivity index (χ0n) is 12.1. The number of hydrogen-bond acceptors (Lipinski definition) is 3. The lowest BCUT2D eigenvalue weighted by Crippen LogP contribution is -2.33. The number of hydrogen-bond donors (Lipinski definition) is 1. The lowest BCUT2D eigenvalue weighted by atomic mass is 9.94. The van der Waals surface area contributed by atoms with Crippen molar-refractivity contribution >= 4 is 25.8 Å². The van der Waals surface area contributed by atoms with Crippen LogP contribution in [0, 0.1) is 11.7 Å². The lowest BCUT2D eigenvalue weighted by Gasteiger charge is -2.21. The van der Waals surface area contributed by atoms with Gasteiger partial charge >= 0.3 is 0 Å². The molecule has 1 heterocycles. The van der Waals surface area contributed by atoms with Crippen molar-refractivity contribution in [3.05, 3.63) is 34.1 Å². The van der Waals surface area contributed by atoms with E-state index in [0.717, 1.165) is 31.4 Å². The Balaban J connectivity index is 2.00. The van der Waals surface area contributed by atoms with Crippen molar-refractivity contribution in [2.24, 2.45) is 5.92 Å². The van der Waals surface area contributed by atoms with Crippen molar-refractivity contribution < 1.29 is 12.8 Å². The van der Waals surface area contributed by atoms with E-state index in [1.807, 2.05) is 6.92 Å². The molecule has 21 heavy (non-hydrogen) atoms. The summed E-state index contributed by atoms with van der Waals surface area (Å²) in [5, 5.41) is 3.42. The van der Waals surface area contributed by atoms with E-state index in [0.29, 0.717) is 16.0 Å². The second kappa shape index (κ2) is 7.20. The fourth-order valence-electron chi connectivity index (χ4n) is 2.94. The molecule has 0 radical (unpaired) electrons. The molecule has 2 unspecified atom stereocenters. The Labute approximate surface area is 134 Å². The van der Waals surface area contributed by atoms with Crippen LogP contribution in [0.4, 0.5) is 4.39 Å². The van der Waals surface area contributed by atoms with Gasteiger partial charge in [0.2, 0.25) is 0 Å². The molecule has 118 valence electrons. The van der Waals surface area contributed by atoms with Crippen molar-refractivity contribution in [3.63, 3.8) is 0 Å². The van der Waals surface area contributed by atoms with Gasteiger partial charge in [0, 0.05) is 6.04 Å². The van der Waals surface area contributed by atoms with E-state index < -0.39 is 9.84 Å². The average molecular weight is 378 g/mol. The van der Waals surface area contributed by atoms with E-state index in [9.17, 15) is 12.8 Å². The van der Waals surface area contributed by atoms with Crippen molar-refractivity contribution in [3.8, 4) is 0 Å². The maximum absolute atomic E-state index is 13.3. The molecule has 2 rings (SSSR count). The van der Waals surface area contributed by atoms with E-state index in [1.54, 1.807) is 12.1 Å². The predicted octanol–water partition coefficient (Wildman–Crippen LogP) is 2.93. The number of nitrogens with one attached hydrogen (secondary N) is 1. The van der Waals surface area contributed by atoms with E-state index in [-0.39, 0.29) is 17.8 Å². The summed E-state index contributed by atoms with van der Waals surface area (Å²) in [5.41, 5.74) is 1.05. The van der Waals surface area contributed by atoms with Crippen LogP contribution in [-0.2, 0) is 16.3 Å². The highest BCUT2D eigenvalue weighted by atomic mass is 79.9. The quantitative estimate of drug-likeness (QED) is 0.828. The molecule has 0 aliphatic carbocycles. The number of likely N-dealkylation sites (N-methyl/N-ethyl adjacent to an activating group) is 1. The largest absolute Gasteiger partial charge is 0.314 e. The highest BCUT2D eigenvalue weighted by Gasteiger charge is 2.29. The summed E-state index contributed by atoms with van der Waals surface area (Å²) in [6.45, 7) is 2.88. The van der Waals surface area contributed by atoms with Crippen LogP contribution < -0.4 is 5.32 Å². The van der Waals surface area contributed by atoms with Gasteiger partial charge in [0.25, 0.3) is 0 Å². The molecule has 0 saturated carbocycles. The third-order valence-electron chi connectivity index (χ3n) is 3.90. The Morgan fingerprint density at radius 3 is 2.81 bits per heavy atom. The zero-order valence-corrected chi connectivity index (χ0v) is 14.5. The van der Waals surface area contributed by atoms with Gasteiger partial charge in [-0.15, -0.1) is 0 Å². The Morgan fingerprint density at radius 1 is 1.48 bits per heavy atom. The van der Waals surface area contributed by atoms with E-state index in [2.05, 4.69) is 21.2 Å². The summed E-state index contributed by atoms with van der Waals surface area (Å²) >= 11 is 3.20. The first kappa shape index (κ1) is 16.9. The molecule has 1 fully saturated rings. The number of halogens is 2. The molecular weight excluding hydrogens is 357 g/mol. The minimum Gasteiger partial charge on any atom is -0.314 e. The molecule has 0 bridgehead atoms. The smallest absolute Gasteiger partial charge is 0.150 e. The van der Waals surface area contributed by atoms with Gasteiger partial charge in [-0.1, -0.05) is 13.0 Å². The van der Waals surface area contributed by atoms with Crippen molar-refractivity contribution in [1.82, 2.24) is 5.32 Å². The Kier molecular flexibility index (Phi) is 5.80. The van der Waals surface area contributed by atoms with Crippen LogP contribution in [-0.4, -0.2) is 32.5 Å².